The van der Waals surface area contributed by atoms with Crippen molar-refractivity contribution < 1.29 is 9.15 Å². The molecule has 0 saturated carbocycles. The minimum Gasteiger partial charge on any atom is -0.461 e. The van der Waals surface area contributed by atoms with Gasteiger partial charge in [-0.3, -0.25) is 10.1 Å². The van der Waals surface area contributed by atoms with E-state index in [1.807, 2.05) is 12.1 Å². The van der Waals surface area contributed by atoms with E-state index in [0.717, 1.165) is 31.4 Å². The number of guanidine groups is 1. The molecule has 128 valence electrons. The average Bonchev–Trinajstić information content (AvgIpc) is 3.20. The molecule has 0 amide bonds. The Hall–Kier alpha value is -1.62. The first-order valence-electron chi connectivity index (χ1n) is 7.22. The Kier molecular flexibility index (Phi) is 9.29. The molecule has 3 N–H and O–H groups in total. The summed E-state index contributed by atoms with van der Waals surface area (Å²) < 4.78 is 10.3. The van der Waals surface area contributed by atoms with Gasteiger partial charge >= 0.3 is 0 Å². The predicted molar refractivity (Wildman–Crippen MR) is 99.1 cm³/mol. The van der Waals surface area contributed by atoms with E-state index in [1.54, 1.807) is 20.4 Å². The van der Waals surface area contributed by atoms with Gasteiger partial charge in [0.05, 0.1) is 6.26 Å². The summed E-state index contributed by atoms with van der Waals surface area (Å²) in [4.78, 5) is 8.54. The number of nitrogens with one attached hydrogen (secondary N) is 3. The molecular weight excluding hydrogens is 411 g/mol. The molecule has 0 aliphatic heterocycles. The third-order valence-electron chi connectivity index (χ3n) is 2.97. The van der Waals surface area contributed by atoms with Crippen molar-refractivity contribution in [3.8, 4) is 11.6 Å². The number of nitrogens with zero attached hydrogens (tertiary/aromatic N) is 3. The van der Waals surface area contributed by atoms with Crippen molar-refractivity contribution in [1.29, 1.82) is 0 Å². The lowest BCUT2D eigenvalue weighted by molar-refractivity contribution is 0.195. The molecule has 0 aliphatic rings. The lowest BCUT2D eigenvalue weighted by Gasteiger charge is -2.10. The number of aromatic nitrogens is 3. The van der Waals surface area contributed by atoms with Crippen molar-refractivity contribution in [2.45, 2.75) is 12.8 Å². The molecule has 0 bridgehead atoms. The lowest BCUT2D eigenvalue weighted by Crippen LogP contribution is -2.39. The summed E-state index contributed by atoms with van der Waals surface area (Å²) in [7, 11) is 3.44. The summed E-state index contributed by atoms with van der Waals surface area (Å²) in [6.07, 6.45) is 3.25. The standard InChI is InChI=1S/C14H22N6O2.HI/c1-15-14(16-7-4-9-21-2)17-8-6-12-18-13(20-19-12)11-5-3-10-22-11;/h3,5,10H,4,6-9H2,1-2H3,(H2,15,16,17)(H,18,19,20);1H. The maximum absolute atomic E-state index is 5.26. The largest absolute Gasteiger partial charge is 0.461 e. The molecule has 2 rings (SSSR count). The van der Waals surface area contributed by atoms with E-state index >= 15 is 0 Å². The number of hydrogen-bond acceptors (Lipinski definition) is 5. The highest BCUT2D eigenvalue weighted by Gasteiger charge is 2.08. The van der Waals surface area contributed by atoms with Crippen LogP contribution in [0.25, 0.3) is 11.6 Å². The highest BCUT2D eigenvalue weighted by Crippen LogP contribution is 2.14. The van der Waals surface area contributed by atoms with Crippen LogP contribution in [0.1, 0.15) is 12.2 Å². The quantitative estimate of drug-likeness (QED) is 0.252. The van der Waals surface area contributed by atoms with Crippen LogP contribution in [0.4, 0.5) is 0 Å². The summed E-state index contributed by atoms with van der Waals surface area (Å²) >= 11 is 0. The van der Waals surface area contributed by atoms with Crippen LogP contribution in [-0.2, 0) is 11.2 Å². The van der Waals surface area contributed by atoms with Crippen molar-refractivity contribution in [3.63, 3.8) is 0 Å². The molecule has 0 spiro atoms. The van der Waals surface area contributed by atoms with Gasteiger partial charge in [-0.25, -0.2) is 4.98 Å². The Labute approximate surface area is 152 Å². The van der Waals surface area contributed by atoms with E-state index in [9.17, 15) is 0 Å². The van der Waals surface area contributed by atoms with Gasteiger partial charge in [-0.2, -0.15) is 5.10 Å². The Bertz CT molecular complexity index is 570. The van der Waals surface area contributed by atoms with Crippen LogP contribution < -0.4 is 10.6 Å². The third-order valence-corrected chi connectivity index (χ3v) is 2.97. The molecule has 2 aromatic rings. The van der Waals surface area contributed by atoms with Gasteiger partial charge in [-0.05, 0) is 18.6 Å². The van der Waals surface area contributed by atoms with Crippen molar-refractivity contribution in [2.24, 2.45) is 4.99 Å². The smallest absolute Gasteiger partial charge is 0.216 e. The minimum atomic E-state index is 0. The Balaban J connectivity index is 0.00000264. The molecule has 0 saturated heterocycles. The van der Waals surface area contributed by atoms with Crippen molar-refractivity contribution in [2.75, 3.05) is 33.9 Å². The van der Waals surface area contributed by atoms with Crippen LogP contribution in [0.3, 0.4) is 0 Å². The first kappa shape index (κ1) is 19.4. The Morgan fingerprint density at radius 1 is 1.39 bits per heavy atom. The zero-order chi connectivity index (χ0) is 15.6. The van der Waals surface area contributed by atoms with Crippen molar-refractivity contribution in [1.82, 2.24) is 25.8 Å². The summed E-state index contributed by atoms with van der Waals surface area (Å²) in [5.74, 6) is 2.80. The lowest BCUT2D eigenvalue weighted by atomic mass is 10.4. The van der Waals surface area contributed by atoms with Gasteiger partial charge in [0, 0.05) is 40.3 Å². The molecule has 2 heterocycles. The molecular formula is C14H23IN6O2. The van der Waals surface area contributed by atoms with E-state index in [2.05, 4.69) is 30.8 Å². The third kappa shape index (κ3) is 6.57. The van der Waals surface area contributed by atoms with E-state index in [1.165, 1.54) is 0 Å². The maximum Gasteiger partial charge on any atom is 0.216 e. The van der Waals surface area contributed by atoms with E-state index in [-0.39, 0.29) is 24.0 Å². The highest BCUT2D eigenvalue weighted by molar-refractivity contribution is 14.0. The number of rotatable bonds is 8. The summed E-state index contributed by atoms with van der Waals surface area (Å²) in [5, 5.41) is 13.5. The van der Waals surface area contributed by atoms with Crippen LogP contribution in [0.5, 0.6) is 0 Å². The number of ether oxygens (including phenoxy) is 1. The molecule has 0 atom stereocenters. The van der Waals surface area contributed by atoms with Crippen LogP contribution >= 0.6 is 24.0 Å². The van der Waals surface area contributed by atoms with Crippen LogP contribution in [0, 0.1) is 0 Å². The zero-order valence-corrected chi connectivity index (χ0v) is 15.7. The monoisotopic (exact) mass is 434 g/mol. The maximum atomic E-state index is 5.26. The molecule has 23 heavy (non-hydrogen) atoms. The van der Waals surface area contributed by atoms with Crippen LogP contribution in [0.2, 0.25) is 0 Å². The molecule has 0 fully saturated rings. The highest BCUT2D eigenvalue weighted by atomic mass is 127. The second-order valence-electron chi connectivity index (χ2n) is 4.61. The van der Waals surface area contributed by atoms with Gasteiger partial charge in [-0.1, -0.05) is 0 Å². The van der Waals surface area contributed by atoms with E-state index in [4.69, 9.17) is 9.15 Å². The zero-order valence-electron chi connectivity index (χ0n) is 13.3. The second-order valence-corrected chi connectivity index (χ2v) is 4.61. The molecule has 0 aliphatic carbocycles. The SMILES string of the molecule is CN=C(NCCCOC)NCCc1nc(-c2ccco2)n[nH]1.I. The number of halogens is 1. The van der Waals surface area contributed by atoms with Crippen molar-refractivity contribution in [3.05, 3.63) is 24.2 Å². The molecule has 2 aromatic heterocycles. The first-order chi connectivity index (χ1) is 10.8. The fourth-order valence-corrected chi connectivity index (χ4v) is 1.87. The van der Waals surface area contributed by atoms with Crippen LogP contribution in [-0.4, -0.2) is 55.0 Å². The number of hydrogen-bond donors (Lipinski definition) is 3. The molecule has 0 aromatic carbocycles. The summed E-state index contributed by atoms with van der Waals surface area (Å²) in [5.41, 5.74) is 0. The van der Waals surface area contributed by atoms with Gasteiger partial charge in [0.1, 0.15) is 5.82 Å². The van der Waals surface area contributed by atoms with Gasteiger partial charge in [0.2, 0.25) is 5.82 Å². The number of H-pyrrole nitrogens is 1. The van der Waals surface area contributed by atoms with E-state index < -0.39 is 0 Å². The van der Waals surface area contributed by atoms with Gasteiger partial charge in [0.25, 0.3) is 0 Å². The molecule has 0 radical (unpaired) electrons. The van der Waals surface area contributed by atoms with Gasteiger partial charge in [-0.15, -0.1) is 24.0 Å². The topological polar surface area (TPSA) is 100 Å². The number of aromatic amines is 1. The number of aliphatic imine (C=N–C) groups is 1. The van der Waals surface area contributed by atoms with Crippen LogP contribution in [0.15, 0.2) is 27.8 Å². The Morgan fingerprint density at radius 2 is 2.22 bits per heavy atom. The summed E-state index contributed by atoms with van der Waals surface area (Å²) in [6.45, 7) is 2.26. The molecule has 0 unspecified atom stereocenters. The molecule has 9 heteroatoms. The number of furan rings is 1. The minimum absolute atomic E-state index is 0. The molecule has 8 nitrogen and oxygen atoms in total. The fourth-order valence-electron chi connectivity index (χ4n) is 1.87. The van der Waals surface area contributed by atoms with Gasteiger partial charge < -0.3 is 19.8 Å². The first-order valence-corrected chi connectivity index (χ1v) is 7.22. The normalized spacial score (nSPS) is 11.1. The van der Waals surface area contributed by atoms with E-state index in [0.29, 0.717) is 24.6 Å². The average molecular weight is 434 g/mol. The fraction of sp³-hybridized carbons (Fsp3) is 0.500. The van der Waals surface area contributed by atoms with Crippen molar-refractivity contribution >= 4 is 29.9 Å². The second kappa shape index (κ2) is 11.0. The Morgan fingerprint density at radius 3 is 2.91 bits per heavy atom. The predicted octanol–water partition coefficient (Wildman–Crippen LogP) is 1.43. The van der Waals surface area contributed by atoms with Gasteiger partial charge in [0.15, 0.2) is 11.7 Å². The number of methoxy groups -OCH3 is 1. The summed E-state index contributed by atoms with van der Waals surface area (Å²) in [6, 6.07) is 3.64.